The van der Waals surface area contributed by atoms with Gasteiger partial charge in [-0.2, -0.15) is 0 Å². The first-order valence-electron chi connectivity index (χ1n) is 5.54. The average molecular weight is 283 g/mol. The molecule has 1 aromatic carbocycles. The number of alkyl halides is 1. The van der Waals surface area contributed by atoms with Crippen LogP contribution < -0.4 is 0 Å². The fraction of sp³-hybridized carbons (Fsp3) is 0.500. The van der Waals surface area contributed by atoms with Crippen LogP contribution in [0.15, 0.2) is 12.1 Å². The summed E-state index contributed by atoms with van der Waals surface area (Å²) >= 11 is 5.49. The Morgan fingerprint density at radius 3 is 2.06 bits per heavy atom. The molecule has 102 valence electrons. The topological polar surface area (TPSA) is 40.5 Å². The predicted molar refractivity (Wildman–Crippen MR) is 61.9 cm³/mol. The normalized spacial score (nSPS) is 13.1. The Hall–Kier alpha value is -0.780. The molecule has 0 radical (unpaired) electrons. The lowest BCUT2D eigenvalue weighted by atomic mass is 9.92. The molecule has 6 heteroatoms. The van der Waals surface area contributed by atoms with Crippen molar-refractivity contribution >= 4 is 11.6 Å². The Balaban J connectivity index is 2.92. The van der Waals surface area contributed by atoms with Crippen LogP contribution in [0.4, 0.5) is 13.2 Å². The van der Waals surface area contributed by atoms with E-state index in [2.05, 4.69) is 0 Å². The van der Waals surface area contributed by atoms with Crippen molar-refractivity contribution in [1.82, 2.24) is 0 Å². The monoisotopic (exact) mass is 282 g/mol. The second-order valence-corrected chi connectivity index (χ2v) is 4.38. The molecule has 2 nitrogen and oxygen atoms in total. The molecule has 0 heterocycles. The van der Waals surface area contributed by atoms with E-state index in [9.17, 15) is 23.4 Å². The minimum absolute atomic E-state index is 0.0240. The number of benzene rings is 1. The van der Waals surface area contributed by atoms with Gasteiger partial charge in [-0.3, -0.25) is 0 Å². The van der Waals surface area contributed by atoms with Crippen LogP contribution in [-0.2, 0) is 0 Å². The molecule has 0 aliphatic carbocycles. The Kier molecular flexibility index (Phi) is 5.91. The molecular formula is C12H14ClF3O2. The summed E-state index contributed by atoms with van der Waals surface area (Å²) in [5.41, 5.74) is 0.0240. The standard InChI is InChI=1S/C12H14ClF3O2/c13-4-2-1-3-8(12(17)18)7-5-9(14)11(16)10(15)6-7/h5-6,8,12,17-18H,1-4H2. The zero-order chi connectivity index (χ0) is 13.7. The molecule has 1 unspecified atom stereocenters. The van der Waals surface area contributed by atoms with Gasteiger partial charge in [0.1, 0.15) is 0 Å². The van der Waals surface area contributed by atoms with Crippen molar-refractivity contribution < 1.29 is 23.4 Å². The van der Waals surface area contributed by atoms with Gasteiger partial charge < -0.3 is 10.2 Å². The van der Waals surface area contributed by atoms with Gasteiger partial charge in [0.25, 0.3) is 0 Å². The molecule has 0 bridgehead atoms. The minimum atomic E-state index is -1.76. The zero-order valence-electron chi connectivity index (χ0n) is 9.54. The maximum atomic E-state index is 13.1. The zero-order valence-corrected chi connectivity index (χ0v) is 10.3. The SMILES string of the molecule is OC(O)C(CCCCCl)c1cc(F)c(F)c(F)c1. The maximum absolute atomic E-state index is 13.1. The maximum Gasteiger partial charge on any atom is 0.194 e. The third-order valence-electron chi connectivity index (χ3n) is 2.69. The third kappa shape index (κ3) is 3.86. The van der Waals surface area contributed by atoms with Gasteiger partial charge >= 0.3 is 0 Å². The van der Waals surface area contributed by atoms with Gasteiger partial charge in [0, 0.05) is 11.8 Å². The second kappa shape index (κ2) is 6.97. The predicted octanol–water partition coefficient (Wildman–Crippen LogP) is 2.91. The molecule has 0 aromatic heterocycles. The summed E-state index contributed by atoms with van der Waals surface area (Å²) in [6.07, 6.45) is -0.234. The highest BCUT2D eigenvalue weighted by atomic mass is 35.5. The highest BCUT2D eigenvalue weighted by Crippen LogP contribution is 2.27. The Morgan fingerprint density at radius 1 is 1.06 bits per heavy atom. The number of aliphatic hydroxyl groups is 2. The first-order valence-corrected chi connectivity index (χ1v) is 6.07. The summed E-state index contributed by atoms with van der Waals surface area (Å²) < 4.78 is 38.9. The molecule has 0 saturated carbocycles. The van der Waals surface area contributed by atoms with Gasteiger partial charge in [0.2, 0.25) is 0 Å². The second-order valence-electron chi connectivity index (χ2n) is 4.00. The Bertz CT molecular complexity index is 376. The van der Waals surface area contributed by atoms with Gasteiger partial charge in [-0.15, -0.1) is 11.6 Å². The number of hydrogen-bond acceptors (Lipinski definition) is 2. The number of unbranched alkanes of at least 4 members (excludes halogenated alkanes) is 1. The van der Waals surface area contributed by atoms with Crippen LogP contribution in [0.25, 0.3) is 0 Å². The van der Waals surface area contributed by atoms with E-state index < -0.39 is 29.7 Å². The molecule has 1 atom stereocenters. The summed E-state index contributed by atoms with van der Waals surface area (Å²) in [5, 5.41) is 18.4. The molecule has 0 amide bonds. The van der Waals surface area contributed by atoms with Gasteiger partial charge in [-0.1, -0.05) is 6.42 Å². The molecular weight excluding hydrogens is 269 g/mol. The number of halogens is 4. The summed E-state index contributed by atoms with van der Waals surface area (Å²) in [6.45, 7) is 0. The molecule has 18 heavy (non-hydrogen) atoms. The van der Waals surface area contributed by atoms with Crippen molar-refractivity contribution in [2.75, 3.05) is 5.88 Å². The van der Waals surface area contributed by atoms with E-state index in [-0.39, 0.29) is 5.56 Å². The van der Waals surface area contributed by atoms with E-state index in [1.165, 1.54) is 0 Å². The minimum Gasteiger partial charge on any atom is -0.368 e. The molecule has 2 N–H and O–H groups in total. The number of aliphatic hydroxyl groups excluding tert-OH is 1. The van der Waals surface area contributed by atoms with Crippen molar-refractivity contribution in [3.63, 3.8) is 0 Å². The summed E-state index contributed by atoms with van der Waals surface area (Å²) in [4.78, 5) is 0. The van der Waals surface area contributed by atoms with Crippen LogP contribution in [-0.4, -0.2) is 22.4 Å². The molecule has 0 fully saturated rings. The Morgan fingerprint density at radius 2 is 1.61 bits per heavy atom. The average Bonchev–Trinajstić information content (AvgIpc) is 2.30. The van der Waals surface area contributed by atoms with Crippen molar-refractivity contribution in [3.05, 3.63) is 35.1 Å². The molecule has 1 rings (SSSR count). The summed E-state index contributed by atoms with van der Waals surface area (Å²) in [6, 6.07) is 1.56. The molecule has 0 spiro atoms. The number of rotatable bonds is 6. The van der Waals surface area contributed by atoms with E-state index in [4.69, 9.17) is 11.6 Å². The van der Waals surface area contributed by atoms with Crippen molar-refractivity contribution in [2.45, 2.75) is 31.5 Å². The largest absolute Gasteiger partial charge is 0.368 e. The van der Waals surface area contributed by atoms with Gasteiger partial charge in [-0.25, -0.2) is 13.2 Å². The van der Waals surface area contributed by atoms with Gasteiger partial charge in [0.05, 0.1) is 0 Å². The quantitative estimate of drug-likeness (QED) is 0.364. The van der Waals surface area contributed by atoms with Crippen molar-refractivity contribution in [3.8, 4) is 0 Å². The summed E-state index contributed by atoms with van der Waals surface area (Å²) in [5.74, 6) is -4.69. The first-order chi connectivity index (χ1) is 8.47. The van der Waals surface area contributed by atoms with E-state index in [0.717, 1.165) is 12.1 Å². The van der Waals surface area contributed by atoms with Crippen LogP contribution in [0.2, 0.25) is 0 Å². The van der Waals surface area contributed by atoms with E-state index >= 15 is 0 Å². The summed E-state index contributed by atoms with van der Waals surface area (Å²) in [7, 11) is 0. The first kappa shape index (κ1) is 15.3. The fourth-order valence-electron chi connectivity index (χ4n) is 1.74. The third-order valence-corrected chi connectivity index (χ3v) is 2.96. The van der Waals surface area contributed by atoms with E-state index in [0.29, 0.717) is 25.1 Å². The fourth-order valence-corrected chi connectivity index (χ4v) is 1.92. The van der Waals surface area contributed by atoms with Gasteiger partial charge in [0.15, 0.2) is 23.7 Å². The highest BCUT2D eigenvalue weighted by molar-refractivity contribution is 6.17. The molecule has 0 aliphatic heterocycles. The van der Waals surface area contributed by atoms with Crippen LogP contribution in [0.3, 0.4) is 0 Å². The molecule has 0 saturated heterocycles. The van der Waals surface area contributed by atoms with Gasteiger partial charge in [-0.05, 0) is 30.5 Å². The highest BCUT2D eigenvalue weighted by Gasteiger charge is 2.22. The number of hydrogen-bond donors (Lipinski definition) is 2. The van der Waals surface area contributed by atoms with Crippen LogP contribution >= 0.6 is 11.6 Å². The van der Waals surface area contributed by atoms with Crippen molar-refractivity contribution in [1.29, 1.82) is 0 Å². The molecule has 0 aliphatic rings. The van der Waals surface area contributed by atoms with E-state index in [1.54, 1.807) is 0 Å². The van der Waals surface area contributed by atoms with E-state index in [1.807, 2.05) is 0 Å². The smallest absolute Gasteiger partial charge is 0.194 e. The van der Waals surface area contributed by atoms with Crippen molar-refractivity contribution in [2.24, 2.45) is 0 Å². The molecule has 1 aromatic rings. The van der Waals surface area contributed by atoms with Crippen LogP contribution in [0.1, 0.15) is 30.7 Å². The lowest BCUT2D eigenvalue weighted by Gasteiger charge is -2.19. The lowest BCUT2D eigenvalue weighted by Crippen LogP contribution is -2.18. The van der Waals surface area contributed by atoms with Crippen LogP contribution in [0, 0.1) is 17.5 Å². The lowest BCUT2D eigenvalue weighted by molar-refractivity contribution is -0.0624. The Labute approximate surface area is 108 Å². The van der Waals surface area contributed by atoms with Crippen LogP contribution in [0.5, 0.6) is 0 Å².